The van der Waals surface area contributed by atoms with Crippen molar-refractivity contribution in [2.45, 2.75) is 26.4 Å². The van der Waals surface area contributed by atoms with Crippen LogP contribution in [0.5, 0.6) is 0 Å². The van der Waals surface area contributed by atoms with Crippen LogP contribution >= 0.6 is 27.5 Å². The third-order valence-electron chi connectivity index (χ3n) is 2.49. The van der Waals surface area contributed by atoms with Gasteiger partial charge >= 0.3 is 0 Å². The van der Waals surface area contributed by atoms with Crippen LogP contribution in [-0.4, -0.2) is 31.1 Å². The average Bonchev–Trinajstić information content (AvgIpc) is 2.23. The van der Waals surface area contributed by atoms with E-state index in [4.69, 9.17) is 11.6 Å². The number of likely N-dealkylation sites (N-methyl/N-ethyl adjacent to an activating group) is 1. The van der Waals surface area contributed by atoms with E-state index in [1.54, 1.807) is 0 Å². The molecule has 0 aliphatic carbocycles. The molecule has 0 amide bonds. The first kappa shape index (κ1) is 15.0. The summed E-state index contributed by atoms with van der Waals surface area (Å²) in [6.07, 6.45) is 0. The first-order valence-electron chi connectivity index (χ1n) is 5.85. The van der Waals surface area contributed by atoms with Crippen molar-refractivity contribution in [1.82, 2.24) is 10.2 Å². The van der Waals surface area contributed by atoms with Gasteiger partial charge in [-0.25, -0.2) is 0 Å². The van der Waals surface area contributed by atoms with E-state index >= 15 is 0 Å². The molecule has 17 heavy (non-hydrogen) atoms. The second-order valence-corrected chi connectivity index (χ2v) is 5.91. The molecule has 96 valence electrons. The van der Waals surface area contributed by atoms with Crippen molar-refractivity contribution >= 4 is 27.5 Å². The van der Waals surface area contributed by atoms with Crippen molar-refractivity contribution in [3.05, 3.63) is 33.3 Å². The van der Waals surface area contributed by atoms with Crippen LogP contribution in [0, 0.1) is 0 Å². The molecule has 0 unspecified atom stereocenters. The molecule has 0 spiro atoms. The summed E-state index contributed by atoms with van der Waals surface area (Å²) in [6.45, 7) is 7.20. The largest absolute Gasteiger partial charge is 0.313 e. The summed E-state index contributed by atoms with van der Waals surface area (Å²) < 4.78 is 1.07. The number of hydrogen-bond donors (Lipinski definition) is 1. The number of nitrogens with zero attached hydrogens (tertiary/aromatic N) is 1. The van der Waals surface area contributed by atoms with Crippen LogP contribution in [0.4, 0.5) is 0 Å². The molecule has 0 aromatic heterocycles. The quantitative estimate of drug-likeness (QED) is 0.863. The maximum absolute atomic E-state index is 6.16. The third-order valence-corrected chi connectivity index (χ3v) is 3.36. The second kappa shape index (κ2) is 7.37. The molecule has 0 aliphatic rings. The highest BCUT2D eigenvalue weighted by molar-refractivity contribution is 9.10. The van der Waals surface area contributed by atoms with Gasteiger partial charge in [0, 0.05) is 35.2 Å². The predicted octanol–water partition coefficient (Wildman–Crippen LogP) is 3.53. The lowest BCUT2D eigenvalue weighted by Crippen LogP contribution is -2.32. The van der Waals surface area contributed by atoms with Crippen LogP contribution in [-0.2, 0) is 6.54 Å². The molecule has 1 rings (SSSR count). The summed E-state index contributed by atoms with van der Waals surface area (Å²) in [6, 6.07) is 6.51. The lowest BCUT2D eigenvalue weighted by molar-refractivity contribution is 0.320. The van der Waals surface area contributed by atoms with E-state index in [-0.39, 0.29) is 0 Å². The second-order valence-electron chi connectivity index (χ2n) is 4.58. The van der Waals surface area contributed by atoms with Gasteiger partial charge in [-0.3, -0.25) is 0 Å². The van der Waals surface area contributed by atoms with E-state index < -0.39 is 0 Å². The topological polar surface area (TPSA) is 15.3 Å². The summed E-state index contributed by atoms with van der Waals surface area (Å²) in [5.74, 6) is 0. The molecule has 1 aromatic rings. The maximum atomic E-state index is 6.16. The number of hydrogen-bond acceptors (Lipinski definition) is 2. The van der Waals surface area contributed by atoms with Gasteiger partial charge < -0.3 is 10.2 Å². The van der Waals surface area contributed by atoms with Crippen molar-refractivity contribution in [2.24, 2.45) is 0 Å². The molecule has 1 N–H and O–H groups in total. The monoisotopic (exact) mass is 318 g/mol. The predicted molar refractivity (Wildman–Crippen MR) is 78.6 cm³/mol. The summed E-state index contributed by atoms with van der Waals surface area (Å²) >= 11 is 9.63. The van der Waals surface area contributed by atoms with Crippen LogP contribution in [0.25, 0.3) is 0 Å². The molecular weight excluding hydrogens is 300 g/mol. The van der Waals surface area contributed by atoms with E-state index in [0.717, 1.165) is 34.7 Å². The Morgan fingerprint density at radius 1 is 1.41 bits per heavy atom. The first-order chi connectivity index (χ1) is 7.99. The van der Waals surface area contributed by atoms with Gasteiger partial charge in [0.05, 0.1) is 0 Å². The Morgan fingerprint density at radius 2 is 2.12 bits per heavy atom. The van der Waals surface area contributed by atoms with Crippen molar-refractivity contribution in [1.29, 1.82) is 0 Å². The summed E-state index contributed by atoms with van der Waals surface area (Å²) in [5, 5.41) is 4.23. The average molecular weight is 320 g/mol. The van der Waals surface area contributed by atoms with E-state index in [1.807, 2.05) is 12.1 Å². The lowest BCUT2D eigenvalue weighted by Gasteiger charge is -2.19. The van der Waals surface area contributed by atoms with Gasteiger partial charge in [0.2, 0.25) is 0 Å². The third kappa shape index (κ3) is 5.87. The first-order valence-corrected chi connectivity index (χ1v) is 7.02. The summed E-state index contributed by atoms with van der Waals surface area (Å²) in [4.78, 5) is 2.27. The minimum atomic E-state index is 0.540. The van der Waals surface area contributed by atoms with Crippen LogP contribution in [0.2, 0.25) is 5.02 Å². The fourth-order valence-corrected chi connectivity index (χ4v) is 2.16. The molecule has 0 saturated carbocycles. The Balaban J connectivity index is 2.44. The number of halogens is 2. The molecule has 0 fully saturated rings. The van der Waals surface area contributed by atoms with Crippen molar-refractivity contribution in [3.63, 3.8) is 0 Å². The van der Waals surface area contributed by atoms with E-state index in [9.17, 15) is 0 Å². The minimum absolute atomic E-state index is 0.540. The van der Waals surface area contributed by atoms with Crippen molar-refractivity contribution < 1.29 is 0 Å². The van der Waals surface area contributed by atoms with Crippen LogP contribution < -0.4 is 5.32 Å². The molecule has 0 atom stereocenters. The lowest BCUT2D eigenvalue weighted by atomic mass is 10.2. The number of rotatable bonds is 6. The van der Waals surface area contributed by atoms with Gasteiger partial charge in [-0.15, -0.1) is 0 Å². The van der Waals surface area contributed by atoms with Crippen LogP contribution in [0.1, 0.15) is 19.4 Å². The zero-order valence-electron chi connectivity index (χ0n) is 10.6. The molecule has 0 bridgehead atoms. The summed E-state index contributed by atoms with van der Waals surface area (Å²) in [5.41, 5.74) is 1.16. The molecule has 0 radical (unpaired) electrons. The molecule has 1 aromatic carbocycles. The highest BCUT2D eigenvalue weighted by Gasteiger charge is 2.05. The molecule has 0 aliphatic heterocycles. The Morgan fingerprint density at radius 3 is 2.76 bits per heavy atom. The fraction of sp³-hybridized carbons (Fsp3) is 0.538. The Labute approximate surface area is 117 Å². The molecule has 2 nitrogen and oxygen atoms in total. The Bertz CT molecular complexity index is 355. The van der Waals surface area contributed by atoms with Crippen LogP contribution in [0.3, 0.4) is 0 Å². The highest BCUT2D eigenvalue weighted by atomic mass is 79.9. The van der Waals surface area contributed by atoms with Gasteiger partial charge in [-0.2, -0.15) is 0 Å². The standard InChI is InChI=1S/C13H20BrClN2/c1-10(2)16-6-7-17(3)9-11-8-12(14)4-5-13(11)15/h4-5,8,10,16H,6-7,9H2,1-3H3. The Kier molecular flexibility index (Phi) is 6.49. The fourth-order valence-electron chi connectivity index (χ4n) is 1.58. The zero-order valence-corrected chi connectivity index (χ0v) is 13.0. The molecular formula is C13H20BrClN2. The zero-order chi connectivity index (χ0) is 12.8. The molecule has 0 saturated heterocycles. The number of nitrogens with one attached hydrogen (secondary N) is 1. The smallest absolute Gasteiger partial charge is 0.0451 e. The van der Waals surface area contributed by atoms with Crippen molar-refractivity contribution in [2.75, 3.05) is 20.1 Å². The maximum Gasteiger partial charge on any atom is 0.0451 e. The van der Waals surface area contributed by atoms with E-state index in [1.165, 1.54) is 0 Å². The Hall–Kier alpha value is -0.0900. The van der Waals surface area contributed by atoms with Gasteiger partial charge in [-0.05, 0) is 30.8 Å². The van der Waals surface area contributed by atoms with Gasteiger partial charge in [0.15, 0.2) is 0 Å². The number of benzene rings is 1. The summed E-state index contributed by atoms with van der Waals surface area (Å²) in [7, 11) is 2.11. The molecule has 4 heteroatoms. The minimum Gasteiger partial charge on any atom is -0.313 e. The normalized spacial score (nSPS) is 11.5. The SMILES string of the molecule is CC(C)NCCN(C)Cc1cc(Br)ccc1Cl. The van der Waals surface area contributed by atoms with Gasteiger partial charge in [-0.1, -0.05) is 41.4 Å². The van der Waals surface area contributed by atoms with Gasteiger partial charge in [0.25, 0.3) is 0 Å². The van der Waals surface area contributed by atoms with E-state index in [0.29, 0.717) is 6.04 Å². The van der Waals surface area contributed by atoms with E-state index in [2.05, 4.69) is 53.1 Å². The highest BCUT2D eigenvalue weighted by Crippen LogP contribution is 2.21. The van der Waals surface area contributed by atoms with Crippen LogP contribution in [0.15, 0.2) is 22.7 Å². The van der Waals surface area contributed by atoms with Crippen molar-refractivity contribution in [3.8, 4) is 0 Å². The molecule has 0 heterocycles. The van der Waals surface area contributed by atoms with Gasteiger partial charge in [0.1, 0.15) is 0 Å².